The molecule has 7 heteroatoms. The second-order valence-electron chi connectivity index (χ2n) is 14.1. The van der Waals surface area contributed by atoms with Crippen LogP contribution in [-0.2, 0) is 0 Å². The van der Waals surface area contributed by atoms with Gasteiger partial charge >= 0.3 is 0 Å². The molecule has 3 aliphatic rings. The van der Waals surface area contributed by atoms with Crippen LogP contribution in [0.5, 0.6) is 0 Å². The van der Waals surface area contributed by atoms with Crippen LogP contribution in [0.25, 0.3) is 11.0 Å². The first kappa shape index (κ1) is 31.5. The Morgan fingerprint density at radius 1 is 0.415 bits per heavy atom. The number of para-hydroxylation sites is 8. The summed E-state index contributed by atoms with van der Waals surface area (Å²) >= 11 is 1.29. The molecule has 53 heavy (non-hydrogen) atoms. The second kappa shape index (κ2) is 12.2. The minimum absolute atomic E-state index is 0.0301. The highest BCUT2D eigenvalue weighted by atomic mass is 32.1. The summed E-state index contributed by atoms with van der Waals surface area (Å²) in [5.74, 6) is 0. The molecule has 0 bridgehead atoms. The molecular weight excluding hydrogens is 669 g/mol. The molecule has 3 heterocycles. The number of hydrogen-bond acceptors (Lipinski definition) is 7. The van der Waals surface area contributed by atoms with Crippen molar-refractivity contribution in [1.82, 2.24) is 8.75 Å². The lowest BCUT2D eigenvalue weighted by Gasteiger charge is -2.50. The molecule has 1 aliphatic carbocycles. The van der Waals surface area contributed by atoms with Gasteiger partial charge < -0.3 is 19.6 Å². The van der Waals surface area contributed by atoms with Gasteiger partial charge in [0.1, 0.15) is 11.0 Å². The van der Waals surface area contributed by atoms with Crippen molar-refractivity contribution >= 4 is 79.6 Å². The molecule has 2 atom stereocenters. The number of fused-ring (bicyclic) bond motifs is 5. The molecule has 10 rings (SSSR count). The lowest BCUT2D eigenvalue weighted by Crippen LogP contribution is -2.52. The molecule has 7 aromatic rings. The summed E-state index contributed by atoms with van der Waals surface area (Å²) in [7, 11) is 0. The van der Waals surface area contributed by atoms with Crippen molar-refractivity contribution in [3.8, 4) is 0 Å². The van der Waals surface area contributed by atoms with Crippen molar-refractivity contribution in [2.75, 3.05) is 19.6 Å². The third kappa shape index (κ3) is 4.63. The molecule has 2 unspecified atom stereocenters. The normalized spacial score (nSPS) is 17.1. The number of aromatic nitrogens is 2. The fraction of sp³-hybridized carbons (Fsp3) is 0.130. The standard InChI is InChI=1S/C46H38N6S/c1-29-17-5-7-19-33(29)49-35-21-9-13-25-39(35)51(40-26-14-10-22-36(40)49)45-31(3)32(4)46(44-43(45)47-53-48-44)52-41-27-15-11-23-37(41)50(34-20-8-6-18-30(34)2)38-24-12-16-28-42(38)52/h5-28,35,39H,1-4H3. The van der Waals surface area contributed by atoms with Crippen LogP contribution in [0.3, 0.4) is 0 Å². The molecule has 6 aromatic carbocycles. The predicted octanol–water partition coefficient (Wildman–Crippen LogP) is 12.3. The van der Waals surface area contributed by atoms with Crippen LogP contribution in [0, 0.1) is 27.7 Å². The van der Waals surface area contributed by atoms with Gasteiger partial charge in [0.05, 0.1) is 69.3 Å². The summed E-state index contributed by atoms with van der Waals surface area (Å²) in [4.78, 5) is 9.87. The number of hydrogen-bond donors (Lipinski definition) is 0. The number of aryl methyl sites for hydroxylation is 2. The summed E-state index contributed by atoms with van der Waals surface area (Å²) in [5, 5.41) is 0. The maximum Gasteiger partial charge on any atom is 0.131 e. The largest absolute Gasteiger partial charge is 0.330 e. The minimum atomic E-state index is 0.0301. The average Bonchev–Trinajstić information content (AvgIpc) is 3.67. The average molecular weight is 707 g/mol. The molecule has 0 saturated carbocycles. The molecule has 6 nitrogen and oxygen atoms in total. The zero-order valence-electron chi connectivity index (χ0n) is 30.1. The molecule has 0 N–H and O–H groups in total. The molecule has 0 radical (unpaired) electrons. The predicted molar refractivity (Wildman–Crippen MR) is 222 cm³/mol. The van der Waals surface area contributed by atoms with Crippen LogP contribution < -0.4 is 19.6 Å². The first-order valence-corrected chi connectivity index (χ1v) is 18.9. The van der Waals surface area contributed by atoms with Crippen LogP contribution in [-0.4, -0.2) is 20.8 Å². The molecule has 1 aromatic heterocycles. The van der Waals surface area contributed by atoms with Gasteiger partial charge in [0.2, 0.25) is 0 Å². The van der Waals surface area contributed by atoms with E-state index in [0.717, 1.165) is 50.8 Å². The van der Waals surface area contributed by atoms with Crippen LogP contribution in [0.1, 0.15) is 22.3 Å². The van der Waals surface area contributed by atoms with Crippen LogP contribution in [0.4, 0.5) is 56.9 Å². The van der Waals surface area contributed by atoms with Crippen molar-refractivity contribution in [3.05, 3.63) is 168 Å². The number of nitrogens with zero attached hydrogens (tertiary/aromatic N) is 6. The fourth-order valence-corrected chi connectivity index (χ4v) is 9.23. The summed E-state index contributed by atoms with van der Waals surface area (Å²) < 4.78 is 10.3. The van der Waals surface area contributed by atoms with Crippen molar-refractivity contribution < 1.29 is 0 Å². The van der Waals surface area contributed by atoms with Gasteiger partial charge in [0, 0.05) is 11.4 Å². The van der Waals surface area contributed by atoms with Gasteiger partial charge in [-0.1, -0.05) is 97.1 Å². The van der Waals surface area contributed by atoms with Gasteiger partial charge in [-0.2, -0.15) is 8.75 Å². The quantitative estimate of drug-likeness (QED) is 0.181. The van der Waals surface area contributed by atoms with E-state index in [4.69, 9.17) is 8.75 Å². The summed E-state index contributed by atoms with van der Waals surface area (Å²) in [6, 6.07) is 43.7. The molecule has 2 aliphatic heterocycles. The zero-order chi connectivity index (χ0) is 35.8. The van der Waals surface area contributed by atoms with Gasteiger partial charge in [-0.25, -0.2) is 0 Å². The van der Waals surface area contributed by atoms with Gasteiger partial charge in [-0.15, -0.1) is 0 Å². The Kier molecular flexibility index (Phi) is 7.27. The van der Waals surface area contributed by atoms with E-state index in [1.165, 1.54) is 51.0 Å². The van der Waals surface area contributed by atoms with E-state index < -0.39 is 0 Å². The van der Waals surface area contributed by atoms with E-state index in [2.05, 4.69) is 193 Å². The highest BCUT2D eigenvalue weighted by Crippen LogP contribution is 2.58. The van der Waals surface area contributed by atoms with Gasteiger partial charge in [-0.05, 0) is 98.5 Å². The van der Waals surface area contributed by atoms with E-state index in [-0.39, 0.29) is 12.1 Å². The minimum Gasteiger partial charge on any atom is -0.330 e. The Morgan fingerprint density at radius 2 is 0.811 bits per heavy atom. The number of anilines is 10. The lowest BCUT2D eigenvalue weighted by atomic mass is 9.90. The maximum absolute atomic E-state index is 5.14. The Bertz CT molecular complexity index is 2590. The van der Waals surface area contributed by atoms with Crippen LogP contribution in [0.2, 0.25) is 0 Å². The molecule has 0 spiro atoms. The van der Waals surface area contributed by atoms with Crippen LogP contribution in [0.15, 0.2) is 146 Å². The topological polar surface area (TPSA) is 38.7 Å². The molecule has 0 saturated heterocycles. The second-order valence-corrected chi connectivity index (χ2v) is 14.6. The van der Waals surface area contributed by atoms with Crippen molar-refractivity contribution in [3.63, 3.8) is 0 Å². The smallest absolute Gasteiger partial charge is 0.131 e. The highest BCUT2D eigenvalue weighted by molar-refractivity contribution is 7.00. The van der Waals surface area contributed by atoms with Crippen molar-refractivity contribution in [2.45, 2.75) is 39.8 Å². The summed E-state index contributed by atoms with van der Waals surface area (Å²) in [6.45, 7) is 8.91. The number of benzene rings is 6. The number of rotatable bonds is 4. The van der Waals surface area contributed by atoms with E-state index in [0.29, 0.717) is 0 Å². The SMILES string of the molecule is Cc1ccccc1N1c2ccccc2N(c2c(C)c(C)c(N3c4ccccc4N(c4ccccc4C)C4C=CC=CC43)c3nsnc23)c2ccccc21. The number of allylic oxidation sites excluding steroid dienone is 2. The van der Waals surface area contributed by atoms with E-state index in [9.17, 15) is 0 Å². The first-order valence-electron chi connectivity index (χ1n) is 18.2. The third-order valence-electron chi connectivity index (χ3n) is 11.2. The lowest BCUT2D eigenvalue weighted by molar-refractivity contribution is 0.637. The van der Waals surface area contributed by atoms with Gasteiger partial charge in [-0.3, -0.25) is 0 Å². The molecule has 0 fully saturated rings. The van der Waals surface area contributed by atoms with E-state index in [1.807, 2.05) is 0 Å². The Balaban J connectivity index is 1.21. The van der Waals surface area contributed by atoms with Gasteiger partial charge in [0.25, 0.3) is 0 Å². The fourth-order valence-electron chi connectivity index (χ4n) is 8.68. The van der Waals surface area contributed by atoms with E-state index >= 15 is 0 Å². The Labute approximate surface area is 314 Å². The van der Waals surface area contributed by atoms with Crippen molar-refractivity contribution in [1.29, 1.82) is 0 Å². The summed E-state index contributed by atoms with van der Waals surface area (Å²) in [6.07, 6.45) is 9.06. The van der Waals surface area contributed by atoms with E-state index in [1.54, 1.807) is 0 Å². The monoisotopic (exact) mass is 706 g/mol. The summed E-state index contributed by atoms with van der Waals surface area (Å²) in [5.41, 5.74) is 18.1. The third-order valence-corrected chi connectivity index (χ3v) is 11.7. The molecular formula is C46H38N6S. The van der Waals surface area contributed by atoms with Crippen LogP contribution >= 0.6 is 11.7 Å². The maximum atomic E-state index is 5.14. The Morgan fingerprint density at radius 3 is 1.36 bits per heavy atom. The Hall–Kier alpha value is -6.18. The zero-order valence-corrected chi connectivity index (χ0v) is 30.9. The highest BCUT2D eigenvalue weighted by Gasteiger charge is 2.42. The molecule has 258 valence electrons. The first-order chi connectivity index (χ1) is 26.0. The van der Waals surface area contributed by atoms with Gasteiger partial charge in [0.15, 0.2) is 0 Å². The molecule has 0 amide bonds. The van der Waals surface area contributed by atoms with Crippen molar-refractivity contribution in [2.24, 2.45) is 0 Å².